The van der Waals surface area contributed by atoms with Crippen LogP contribution in [0.4, 0.5) is 0 Å². The molecule has 1 saturated heterocycles. The Balaban J connectivity index is 0.00000196. The second-order valence-corrected chi connectivity index (χ2v) is 6.65. The van der Waals surface area contributed by atoms with Gasteiger partial charge in [-0.15, -0.1) is 5.56 Å². The summed E-state index contributed by atoms with van der Waals surface area (Å²) in [7, 11) is 0. The second kappa shape index (κ2) is 8.74. The second-order valence-electron chi connectivity index (χ2n) is 6.65. The number of hydrogen-bond acceptors (Lipinski definition) is 2. The molecule has 1 aliphatic rings. The van der Waals surface area contributed by atoms with Crippen LogP contribution in [0.15, 0.2) is 78.9 Å². The van der Waals surface area contributed by atoms with Gasteiger partial charge in [0.2, 0.25) is 0 Å². The summed E-state index contributed by atoms with van der Waals surface area (Å²) in [6.45, 7) is 0.952. The van der Waals surface area contributed by atoms with Gasteiger partial charge in [0, 0.05) is 46.4 Å². The summed E-state index contributed by atoms with van der Waals surface area (Å²) in [5.41, 5.74) is 3.16. The number of nitrogens with one attached hydrogen (secondary N) is 1. The SMILES string of the molecule is O[C@@](c1cc[c-]cc1)(c1ccc(-c2ccccc2)cc1)C1CCCN1.[Pm]. The molecule has 0 saturated carbocycles. The Hall–Kier alpha value is -1.08. The van der Waals surface area contributed by atoms with Gasteiger partial charge in [-0.3, -0.25) is 0 Å². The van der Waals surface area contributed by atoms with E-state index < -0.39 is 5.60 Å². The fraction of sp³-hybridized carbons (Fsp3) is 0.217. The molecule has 4 rings (SSSR count). The van der Waals surface area contributed by atoms with Crippen LogP contribution in [0.5, 0.6) is 0 Å². The maximum Gasteiger partial charge on any atom is 0.108 e. The molecular formula is C23H22NOPm-. The minimum absolute atomic E-state index is 0. The van der Waals surface area contributed by atoms with Crippen molar-refractivity contribution in [2.75, 3.05) is 6.54 Å². The molecule has 0 bridgehead atoms. The van der Waals surface area contributed by atoms with Gasteiger partial charge in [0.15, 0.2) is 0 Å². The van der Waals surface area contributed by atoms with Crippen molar-refractivity contribution in [1.29, 1.82) is 0 Å². The van der Waals surface area contributed by atoms with E-state index in [9.17, 15) is 5.11 Å². The predicted molar refractivity (Wildman–Crippen MR) is 101 cm³/mol. The molecule has 1 aliphatic heterocycles. The standard InChI is InChI=1S/C23H22NO.Pm/c25-23(22-12-7-17-24-22,20-10-5-2-6-11-20)21-15-13-19(14-16-21)18-8-3-1-4-9-18;/h1,3-6,8-11,13-16,22,24-25H,7,12,17H2;/q-1;/t22?,23-;/m0./s1. The summed E-state index contributed by atoms with van der Waals surface area (Å²) in [6, 6.07) is 29.4. The van der Waals surface area contributed by atoms with Crippen LogP contribution < -0.4 is 5.32 Å². The minimum Gasteiger partial charge on any atom is -0.381 e. The zero-order valence-corrected chi connectivity index (χ0v) is 17.5. The van der Waals surface area contributed by atoms with Gasteiger partial charge in [0.05, 0.1) is 0 Å². The first kappa shape index (κ1) is 19.7. The summed E-state index contributed by atoms with van der Waals surface area (Å²) in [4.78, 5) is 0. The van der Waals surface area contributed by atoms with Crippen molar-refractivity contribution in [3.05, 3.63) is 96.1 Å². The smallest absolute Gasteiger partial charge is 0.108 e. The van der Waals surface area contributed by atoms with Crippen LogP contribution in [0.25, 0.3) is 11.1 Å². The molecule has 1 radical (unpaired) electrons. The Kier molecular flexibility index (Phi) is 6.61. The van der Waals surface area contributed by atoms with Gasteiger partial charge >= 0.3 is 0 Å². The van der Waals surface area contributed by atoms with Crippen molar-refractivity contribution in [3.8, 4) is 11.1 Å². The normalized spacial score (nSPS) is 18.7. The van der Waals surface area contributed by atoms with Crippen molar-refractivity contribution >= 4 is 0 Å². The van der Waals surface area contributed by atoms with Crippen molar-refractivity contribution in [1.82, 2.24) is 5.32 Å². The average Bonchev–Trinajstić information content (AvgIpc) is 3.24. The van der Waals surface area contributed by atoms with E-state index in [1.165, 1.54) is 5.56 Å². The Labute approximate surface area is 187 Å². The molecule has 3 heteroatoms. The van der Waals surface area contributed by atoms with Crippen molar-refractivity contribution < 1.29 is 45.5 Å². The summed E-state index contributed by atoms with van der Waals surface area (Å²) in [6.07, 6.45) is 2.06. The first-order valence-electron chi connectivity index (χ1n) is 8.87. The predicted octanol–water partition coefficient (Wildman–Crippen LogP) is 4.14. The fourth-order valence-corrected chi connectivity index (χ4v) is 3.80. The quantitative estimate of drug-likeness (QED) is 0.559. The third-order valence-corrected chi connectivity index (χ3v) is 5.16. The first-order chi connectivity index (χ1) is 12.3. The number of hydrogen-bond donors (Lipinski definition) is 2. The van der Waals surface area contributed by atoms with E-state index in [0.717, 1.165) is 36.1 Å². The maximum absolute atomic E-state index is 11.7. The van der Waals surface area contributed by atoms with E-state index >= 15 is 0 Å². The molecule has 131 valence electrons. The maximum atomic E-state index is 11.7. The minimum atomic E-state index is -1.03. The van der Waals surface area contributed by atoms with E-state index in [0.29, 0.717) is 0 Å². The van der Waals surface area contributed by atoms with Crippen LogP contribution in [0.2, 0.25) is 0 Å². The Bertz CT molecular complexity index is 814. The van der Waals surface area contributed by atoms with Gasteiger partial charge in [-0.05, 0) is 36.1 Å². The van der Waals surface area contributed by atoms with E-state index in [4.69, 9.17) is 0 Å². The van der Waals surface area contributed by atoms with Crippen molar-refractivity contribution in [3.63, 3.8) is 0 Å². The molecular weight excluding hydrogens is 451 g/mol. The molecule has 26 heavy (non-hydrogen) atoms. The molecule has 2 atom stereocenters. The molecule has 0 aliphatic carbocycles. The van der Waals surface area contributed by atoms with Crippen LogP contribution in [0.3, 0.4) is 0 Å². The Morgan fingerprint density at radius 2 is 1.46 bits per heavy atom. The van der Waals surface area contributed by atoms with E-state index in [1.54, 1.807) is 0 Å². The number of benzene rings is 3. The number of rotatable bonds is 4. The van der Waals surface area contributed by atoms with Crippen molar-refractivity contribution in [2.24, 2.45) is 0 Å². The van der Waals surface area contributed by atoms with Crippen LogP contribution in [-0.4, -0.2) is 17.7 Å². The zero-order chi connectivity index (χ0) is 17.1. The van der Waals surface area contributed by atoms with Gasteiger partial charge in [-0.25, -0.2) is 0 Å². The fourth-order valence-electron chi connectivity index (χ4n) is 3.80. The molecule has 0 spiro atoms. The van der Waals surface area contributed by atoms with Crippen LogP contribution in [0.1, 0.15) is 24.0 Å². The molecule has 1 fully saturated rings. The molecule has 1 heterocycles. The Morgan fingerprint density at radius 1 is 0.846 bits per heavy atom. The average molecular weight is 473 g/mol. The molecule has 1 unspecified atom stereocenters. The molecule has 2 nitrogen and oxygen atoms in total. The molecule has 0 amide bonds. The topological polar surface area (TPSA) is 32.3 Å². The van der Waals surface area contributed by atoms with Crippen LogP contribution >= 0.6 is 0 Å². The van der Waals surface area contributed by atoms with Crippen molar-refractivity contribution in [2.45, 2.75) is 24.5 Å². The van der Waals surface area contributed by atoms with Crippen LogP contribution in [0, 0.1) is 46.5 Å². The first-order valence-corrected chi connectivity index (χ1v) is 8.87. The summed E-state index contributed by atoms with van der Waals surface area (Å²) >= 11 is 0. The summed E-state index contributed by atoms with van der Waals surface area (Å²) in [5, 5.41) is 15.2. The van der Waals surface area contributed by atoms with Gasteiger partial charge in [-0.2, -0.15) is 30.3 Å². The van der Waals surface area contributed by atoms with E-state index in [-0.39, 0.29) is 46.4 Å². The third-order valence-electron chi connectivity index (χ3n) is 5.16. The van der Waals surface area contributed by atoms with Gasteiger partial charge in [0.25, 0.3) is 0 Å². The van der Waals surface area contributed by atoms with E-state index in [1.807, 2.05) is 42.5 Å². The van der Waals surface area contributed by atoms with Gasteiger partial charge in [-0.1, -0.05) is 54.6 Å². The summed E-state index contributed by atoms with van der Waals surface area (Å²) < 4.78 is 0. The summed E-state index contributed by atoms with van der Waals surface area (Å²) in [5.74, 6) is 0. The molecule has 3 aromatic carbocycles. The van der Waals surface area contributed by atoms with Gasteiger partial charge in [0.1, 0.15) is 5.60 Å². The largest absolute Gasteiger partial charge is 0.381 e. The number of aliphatic hydroxyl groups is 1. The Morgan fingerprint density at radius 3 is 2.08 bits per heavy atom. The van der Waals surface area contributed by atoms with E-state index in [2.05, 4.69) is 47.8 Å². The van der Waals surface area contributed by atoms with Crippen LogP contribution in [-0.2, 0) is 5.60 Å². The zero-order valence-electron chi connectivity index (χ0n) is 14.6. The molecule has 3 aromatic rings. The van der Waals surface area contributed by atoms with Gasteiger partial charge < -0.3 is 10.4 Å². The monoisotopic (exact) mass is 473 g/mol. The molecule has 2 N–H and O–H groups in total. The molecule has 0 aromatic heterocycles. The third kappa shape index (κ3) is 3.79.